The zero-order valence-electron chi connectivity index (χ0n) is 12.9. The van der Waals surface area contributed by atoms with E-state index in [2.05, 4.69) is 4.98 Å². The maximum atomic E-state index is 12.8. The van der Waals surface area contributed by atoms with Gasteiger partial charge in [-0.15, -0.1) is 0 Å². The molecule has 6 heteroatoms. The number of oxazole rings is 1. The number of hydrogen-bond acceptors (Lipinski definition) is 5. The van der Waals surface area contributed by atoms with Crippen LogP contribution in [0.2, 0.25) is 0 Å². The number of likely N-dealkylation sites (tertiary alicyclic amines) is 1. The Hall–Kier alpha value is -2.50. The van der Waals surface area contributed by atoms with E-state index in [1.807, 2.05) is 23.1 Å². The van der Waals surface area contributed by atoms with Gasteiger partial charge in [-0.1, -0.05) is 12.1 Å². The highest BCUT2D eigenvalue weighted by molar-refractivity contribution is 5.93. The fraction of sp³-hybridized carbons (Fsp3) is 0.412. The van der Waals surface area contributed by atoms with Gasteiger partial charge in [-0.3, -0.25) is 4.79 Å². The first-order valence-corrected chi connectivity index (χ1v) is 7.85. The third kappa shape index (κ3) is 2.34. The van der Waals surface area contributed by atoms with Crippen molar-refractivity contribution in [3.63, 3.8) is 0 Å². The quantitative estimate of drug-likeness (QED) is 0.853. The van der Waals surface area contributed by atoms with E-state index in [-0.39, 0.29) is 11.9 Å². The first kappa shape index (κ1) is 14.1. The lowest BCUT2D eigenvalue weighted by atomic mass is 10.0. The summed E-state index contributed by atoms with van der Waals surface area (Å²) >= 11 is 0. The molecule has 1 unspecified atom stereocenters. The van der Waals surface area contributed by atoms with Crippen molar-refractivity contribution in [1.82, 2.24) is 9.88 Å². The Morgan fingerprint density at radius 3 is 3.00 bits per heavy atom. The zero-order valence-corrected chi connectivity index (χ0v) is 12.9. The predicted molar refractivity (Wildman–Crippen MR) is 81.7 cm³/mol. The summed E-state index contributed by atoms with van der Waals surface area (Å²) in [5.74, 6) is 1.72. The van der Waals surface area contributed by atoms with Gasteiger partial charge in [0.1, 0.15) is 13.2 Å². The summed E-state index contributed by atoms with van der Waals surface area (Å²) in [5, 5.41) is 0. The van der Waals surface area contributed by atoms with Crippen LogP contribution in [-0.4, -0.2) is 35.5 Å². The fourth-order valence-corrected chi connectivity index (χ4v) is 3.33. The van der Waals surface area contributed by atoms with Gasteiger partial charge < -0.3 is 18.8 Å². The highest BCUT2D eigenvalue weighted by Crippen LogP contribution is 2.43. The van der Waals surface area contributed by atoms with Gasteiger partial charge in [0.05, 0.1) is 11.7 Å². The van der Waals surface area contributed by atoms with Gasteiger partial charge in [-0.2, -0.15) is 0 Å². The maximum Gasteiger partial charge on any atom is 0.292 e. The van der Waals surface area contributed by atoms with E-state index in [1.165, 1.54) is 6.39 Å². The number of rotatable bonds is 2. The van der Waals surface area contributed by atoms with E-state index in [0.29, 0.717) is 31.2 Å². The molecule has 1 atom stereocenters. The van der Waals surface area contributed by atoms with Gasteiger partial charge in [0, 0.05) is 12.1 Å². The molecule has 0 aliphatic carbocycles. The van der Waals surface area contributed by atoms with E-state index in [0.717, 1.165) is 29.9 Å². The summed E-state index contributed by atoms with van der Waals surface area (Å²) in [6, 6.07) is 5.84. The Labute approximate surface area is 134 Å². The Kier molecular flexibility index (Phi) is 3.44. The minimum atomic E-state index is -0.114. The Bertz CT molecular complexity index is 740. The van der Waals surface area contributed by atoms with Gasteiger partial charge >= 0.3 is 0 Å². The third-order valence-electron chi connectivity index (χ3n) is 4.41. The minimum Gasteiger partial charge on any atom is -0.486 e. The molecule has 0 radical (unpaired) electrons. The molecule has 0 bridgehead atoms. The van der Waals surface area contributed by atoms with Crippen LogP contribution in [0.25, 0.3) is 0 Å². The number of hydrogen-bond donors (Lipinski definition) is 0. The molecule has 120 valence electrons. The molecule has 0 spiro atoms. The van der Waals surface area contributed by atoms with Crippen molar-refractivity contribution in [2.24, 2.45) is 0 Å². The van der Waals surface area contributed by atoms with Crippen LogP contribution in [0.3, 0.4) is 0 Å². The van der Waals surface area contributed by atoms with Crippen LogP contribution in [0.5, 0.6) is 11.5 Å². The summed E-state index contributed by atoms with van der Waals surface area (Å²) in [7, 11) is 0. The molecule has 1 aromatic heterocycles. The van der Waals surface area contributed by atoms with Gasteiger partial charge in [0.2, 0.25) is 5.76 Å². The Morgan fingerprint density at radius 1 is 1.30 bits per heavy atom. The van der Waals surface area contributed by atoms with Gasteiger partial charge in [-0.05, 0) is 25.8 Å². The fourth-order valence-electron chi connectivity index (χ4n) is 3.33. The Morgan fingerprint density at radius 2 is 2.17 bits per heavy atom. The van der Waals surface area contributed by atoms with Crippen molar-refractivity contribution >= 4 is 5.91 Å². The van der Waals surface area contributed by atoms with Crippen molar-refractivity contribution in [1.29, 1.82) is 0 Å². The maximum absolute atomic E-state index is 12.8. The second-order valence-corrected chi connectivity index (χ2v) is 5.79. The van der Waals surface area contributed by atoms with E-state index in [4.69, 9.17) is 13.9 Å². The molecule has 2 aromatic rings. The van der Waals surface area contributed by atoms with Gasteiger partial charge in [0.25, 0.3) is 5.91 Å². The highest BCUT2D eigenvalue weighted by atomic mass is 16.6. The molecule has 6 nitrogen and oxygen atoms in total. The van der Waals surface area contributed by atoms with Crippen LogP contribution in [-0.2, 0) is 0 Å². The first-order valence-electron chi connectivity index (χ1n) is 7.85. The van der Waals surface area contributed by atoms with Crippen LogP contribution in [0.1, 0.15) is 40.7 Å². The molecule has 0 N–H and O–H groups in total. The molecule has 1 aromatic carbocycles. The van der Waals surface area contributed by atoms with E-state index >= 15 is 0 Å². The summed E-state index contributed by atoms with van der Waals surface area (Å²) in [4.78, 5) is 18.7. The lowest BCUT2D eigenvalue weighted by molar-refractivity contribution is 0.0697. The lowest BCUT2D eigenvalue weighted by Crippen LogP contribution is -2.31. The van der Waals surface area contributed by atoms with E-state index < -0.39 is 0 Å². The third-order valence-corrected chi connectivity index (χ3v) is 4.41. The molecule has 1 amide bonds. The number of aryl methyl sites for hydroxylation is 1. The SMILES string of the molecule is Cc1ncoc1C(=O)N1CCCC1c1cccc2c1OCCO2. The van der Waals surface area contributed by atoms with Crippen LogP contribution in [0.15, 0.2) is 29.0 Å². The number of carbonyl (C=O) groups is 1. The van der Waals surface area contributed by atoms with Crippen molar-refractivity contribution in [2.45, 2.75) is 25.8 Å². The molecule has 3 heterocycles. The van der Waals surface area contributed by atoms with Crippen molar-refractivity contribution < 1.29 is 18.7 Å². The van der Waals surface area contributed by atoms with Crippen molar-refractivity contribution in [3.8, 4) is 11.5 Å². The predicted octanol–water partition coefficient (Wildman–Crippen LogP) is 2.73. The lowest BCUT2D eigenvalue weighted by Gasteiger charge is -2.28. The molecule has 1 fully saturated rings. The summed E-state index contributed by atoms with van der Waals surface area (Å²) < 4.78 is 16.7. The molecule has 0 saturated carbocycles. The van der Waals surface area contributed by atoms with Gasteiger partial charge in [0.15, 0.2) is 17.9 Å². The summed E-state index contributed by atoms with van der Waals surface area (Å²) in [6.07, 6.45) is 3.17. The molecule has 23 heavy (non-hydrogen) atoms. The normalized spacial score (nSPS) is 19.9. The van der Waals surface area contributed by atoms with Gasteiger partial charge in [-0.25, -0.2) is 4.98 Å². The molecule has 4 rings (SSSR count). The number of benzene rings is 1. The average molecular weight is 314 g/mol. The number of carbonyl (C=O) groups excluding carboxylic acids is 1. The number of para-hydroxylation sites is 1. The zero-order chi connectivity index (χ0) is 15.8. The number of ether oxygens (including phenoxy) is 2. The number of aromatic nitrogens is 1. The monoisotopic (exact) mass is 314 g/mol. The summed E-state index contributed by atoms with van der Waals surface area (Å²) in [5.41, 5.74) is 1.63. The van der Waals surface area contributed by atoms with Crippen LogP contribution in [0, 0.1) is 6.92 Å². The standard InChI is InChI=1S/C17H18N2O4/c1-11-15(23-10-18-11)17(20)19-7-3-5-13(19)12-4-2-6-14-16(12)22-9-8-21-14/h2,4,6,10,13H,3,5,7-9H2,1H3. The molecule has 2 aliphatic heterocycles. The minimum absolute atomic E-state index is 0.0244. The average Bonchev–Trinajstić information content (AvgIpc) is 3.22. The molecule has 2 aliphatic rings. The number of fused-ring (bicyclic) bond motifs is 1. The number of nitrogens with zero attached hydrogens (tertiary/aromatic N) is 2. The van der Waals surface area contributed by atoms with Crippen LogP contribution in [0.4, 0.5) is 0 Å². The van der Waals surface area contributed by atoms with Crippen molar-refractivity contribution in [2.75, 3.05) is 19.8 Å². The summed E-state index contributed by atoms with van der Waals surface area (Å²) in [6.45, 7) is 3.57. The molecular formula is C17H18N2O4. The van der Waals surface area contributed by atoms with Crippen LogP contribution >= 0.6 is 0 Å². The van der Waals surface area contributed by atoms with E-state index in [9.17, 15) is 4.79 Å². The van der Waals surface area contributed by atoms with Crippen LogP contribution < -0.4 is 9.47 Å². The van der Waals surface area contributed by atoms with Crippen molar-refractivity contribution in [3.05, 3.63) is 41.6 Å². The largest absolute Gasteiger partial charge is 0.486 e. The molecule has 1 saturated heterocycles. The highest BCUT2D eigenvalue weighted by Gasteiger charge is 2.35. The second-order valence-electron chi connectivity index (χ2n) is 5.79. The van der Waals surface area contributed by atoms with E-state index in [1.54, 1.807) is 6.92 Å². The topological polar surface area (TPSA) is 64.8 Å². The number of amides is 1. The molecular weight excluding hydrogens is 296 g/mol. The Balaban J connectivity index is 1.69. The second kappa shape index (κ2) is 5.61. The smallest absolute Gasteiger partial charge is 0.292 e. The first-order chi connectivity index (χ1) is 11.3.